The van der Waals surface area contributed by atoms with Gasteiger partial charge in [-0.25, -0.2) is 0 Å². The van der Waals surface area contributed by atoms with Gasteiger partial charge in [-0.1, -0.05) is 0 Å². The van der Waals surface area contributed by atoms with Crippen molar-refractivity contribution in [2.45, 2.75) is 67.7 Å². The van der Waals surface area contributed by atoms with Crippen molar-refractivity contribution in [1.29, 1.82) is 0 Å². The zero-order valence-electron chi connectivity index (χ0n) is 19.0. The lowest BCUT2D eigenvalue weighted by molar-refractivity contribution is -0.130. The molecule has 0 unspecified atom stereocenters. The summed E-state index contributed by atoms with van der Waals surface area (Å²) in [6, 6.07) is -0.663. The van der Waals surface area contributed by atoms with Gasteiger partial charge in [-0.15, -0.1) is 0 Å². The fourth-order valence-electron chi connectivity index (χ4n) is 3.22. The number of primary amides is 1. The Bertz CT molecular complexity index is 520. The van der Waals surface area contributed by atoms with Crippen molar-refractivity contribution in [2.75, 3.05) is 45.9 Å². The van der Waals surface area contributed by atoms with Gasteiger partial charge in [0.25, 0.3) is 0 Å². The lowest BCUT2D eigenvalue weighted by atomic mass is 10.0. The van der Waals surface area contributed by atoms with Gasteiger partial charge in [0.15, 0.2) is 0 Å². The van der Waals surface area contributed by atoms with Crippen LogP contribution in [0, 0.1) is 0 Å². The van der Waals surface area contributed by atoms with Crippen LogP contribution in [0.5, 0.6) is 0 Å². The molecule has 0 radical (unpaired) electrons. The Morgan fingerprint density at radius 2 is 1.18 bits per heavy atom. The molecule has 9 atom stereocenters. The summed E-state index contributed by atoms with van der Waals surface area (Å²) in [5.74, 6) is -0.591. The minimum Gasteiger partial charge on any atom is -0.394 e. The smallest absolute Gasteiger partial charge is 0.234 e. The van der Waals surface area contributed by atoms with Crippen LogP contribution in [0.25, 0.3) is 0 Å². The predicted octanol–water partition coefficient (Wildman–Crippen LogP) is -7.66. The summed E-state index contributed by atoms with van der Waals surface area (Å²) < 4.78 is 0. The Morgan fingerprint density at radius 3 is 1.53 bits per heavy atom. The first kappa shape index (κ1) is 33.0. The molecule has 34 heavy (non-hydrogen) atoms. The molecule has 15 nitrogen and oxygen atoms in total. The van der Waals surface area contributed by atoms with Gasteiger partial charge in [0.05, 0.1) is 31.5 Å². The summed E-state index contributed by atoms with van der Waals surface area (Å²) in [6.45, 7) is -1.86. The summed E-state index contributed by atoms with van der Waals surface area (Å²) in [5.41, 5.74) is 10.7. The number of aliphatic hydroxyl groups is 10. The molecule has 204 valence electrons. The van der Waals surface area contributed by atoms with E-state index >= 15 is 0 Å². The average molecular weight is 503 g/mol. The van der Waals surface area contributed by atoms with Crippen molar-refractivity contribution in [3.8, 4) is 0 Å². The van der Waals surface area contributed by atoms with E-state index < -0.39 is 74.0 Å². The molecule has 0 aromatic carbocycles. The standard InChI is InChI=1S/C19H42N4O11/c20-3-2-10(19(21)34)22-4-1-5-23(6-11(26)15(30)17(32)13(28)8-24)7-12(27)16(31)18(33)14(29)9-25/h10-18,22,24-33H,1-9,20H2,(H2,21,34)/t10-,11-,12-,13+,14+,15+,16+,17+,18+/m0/s1. The SMILES string of the molecule is NCC[C@H](NCCCN(C[C@H](O)[C@@H](O)[C@H](O)[C@H](O)CO)C[C@H](O)[C@@H](O)[C@H](O)[C@H](O)CO)C(N)=O. The minimum atomic E-state index is -1.87. The van der Waals surface area contributed by atoms with Gasteiger partial charge in [-0.2, -0.15) is 0 Å². The van der Waals surface area contributed by atoms with E-state index in [4.69, 9.17) is 21.7 Å². The zero-order valence-corrected chi connectivity index (χ0v) is 19.0. The van der Waals surface area contributed by atoms with Gasteiger partial charge in [0.1, 0.15) is 36.6 Å². The highest BCUT2D eigenvalue weighted by Crippen LogP contribution is 2.11. The fourth-order valence-corrected chi connectivity index (χ4v) is 3.22. The quantitative estimate of drug-likeness (QED) is 0.0688. The molecule has 0 aromatic heterocycles. The topological polar surface area (TPSA) is 287 Å². The molecule has 0 bridgehead atoms. The van der Waals surface area contributed by atoms with Crippen molar-refractivity contribution in [3.63, 3.8) is 0 Å². The normalized spacial score (nSPS) is 20.2. The Hall–Kier alpha value is -1.05. The Morgan fingerprint density at radius 1 is 0.765 bits per heavy atom. The molecule has 0 aliphatic heterocycles. The van der Waals surface area contributed by atoms with E-state index in [-0.39, 0.29) is 32.7 Å². The van der Waals surface area contributed by atoms with Crippen LogP contribution in [0.3, 0.4) is 0 Å². The van der Waals surface area contributed by atoms with Crippen LogP contribution >= 0.6 is 0 Å². The molecule has 15 N–H and O–H groups in total. The number of rotatable bonds is 20. The number of amides is 1. The second-order valence-electron chi connectivity index (χ2n) is 8.20. The number of carbonyl (C=O) groups is 1. The summed E-state index contributed by atoms with van der Waals surface area (Å²) >= 11 is 0. The Balaban J connectivity index is 5.18. The van der Waals surface area contributed by atoms with Crippen LogP contribution < -0.4 is 16.8 Å². The van der Waals surface area contributed by atoms with Gasteiger partial charge < -0.3 is 67.8 Å². The third-order valence-corrected chi connectivity index (χ3v) is 5.38. The summed E-state index contributed by atoms with van der Waals surface area (Å²) in [7, 11) is 0. The molecule has 0 saturated heterocycles. The van der Waals surface area contributed by atoms with E-state index in [1.54, 1.807) is 0 Å². The lowest BCUT2D eigenvalue weighted by Crippen LogP contribution is -2.53. The first-order chi connectivity index (χ1) is 15.9. The van der Waals surface area contributed by atoms with Crippen molar-refractivity contribution in [2.24, 2.45) is 11.5 Å². The lowest BCUT2D eigenvalue weighted by Gasteiger charge is -2.33. The maximum atomic E-state index is 11.4. The first-order valence-electron chi connectivity index (χ1n) is 11.0. The number of hydrogen-bond acceptors (Lipinski definition) is 14. The van der Waals surface area contributed by atoms with E-state index in [9.17, 15) is 45.6 Å². The zero-order chi connectivity index (χ0) is 26.4. The number of aliphatic hydroxyl groups excluding tert-OH is 10. The molecule has 0 fully saturated rings. The average Bonchev–Trinajstić information content (AvgIpc) is 2.82. The Kier molecular flexibility index (Phi) is 16.9. The van der Waals surface area contributed by atoms with Crippen molar-refractivity contribution < 1.29 is 55.9 Å². The third-order valence-electron chi connectivity index (χ3n) is 5.38. The van der Waals surface area contributed by atoms with E-state index in [0.29, 0.717) is 12.8 Å². The molecule has 0 aliphatic rings. The molecule has 15 heteroatoms. The van der Waals surface area contributed by atoms with Crippen LogP contribution in [0.4, 0.5) is 0 Å². The number of carbonyl (C=O) groups excluding carboxylic acids is 1. The van der Waals surface area contributed by atoms with Crippen LogP contribution in [0.15, 0.2) is 0 Å². The second-order valence-corrected chi connectivity index (χ2v) is 8.20. The first-order valence-corrected chi connectivity index (χ1v) is 11.0. The monoisotopic (exact) mass is 502 g/mol. The van der Waals surface area contributed by atoms with E-state index in [2.05, 4.69) is 5.32 Å². The van der Waals surface area contributed by atoms with Gasteiger partial charge in [0, 0.05) is 13.1 Å². The van der Waals surface area contributed by atoms with Gasteiger partial charge >= 0.3 is 0 Å². The molecular formula is C19H42N4O11. The number of hydrogen-bond donors (Lipinski definition) is 13. The molecule has 0 rings (SSSR count). The van der Waals surface area contributed by atoms with Gasteiger partial charge in [-0.05, 0) is 32.5 Å². The molecule has 0 heterocycles. The molecule has 0 aromatic rings. The van der Waals surface area contributed by atoms with Crippen LogP contribution in [-0.4, -0.2) is 163 Å². The molecule has 0 saturated carbocycles. The van der Waals surface area contributed by atoms with E-state index in [0.717, 1.165) is 0 Å². The van der Waals surface area contributed by atoms with E-state index in [1.165, 1.54) is 4.90 Å². The molecule has 1 amide bonds. The molecule has 0 aliphatic carbocycles. The van der Waals surface area contributed by atoms with Gasteiger partial charge in [0.2, 0.25) is 5.91 Å². The van der Waals surface area contributed by atoms with Gasteiger partial charge in [-0.3, -0.25) is 9.69 Å². The Labute approximate surface area is 197 Å². The van der Waals surface area contributed by atoms with Crippen LogP contribution in [0.1, 0.15) is 12.8 Å². The number of nitrogens with two attached hydrogens (primary N) is 2. The summed E-state index contributed by atoms with van der Waals surface area (Å²) in [4.78, 5) is 12.8. The molecular weight excluding hydrogens is 460 g/mol. The highest BCUT2D eigenvalue weighted by Gasteiger charge is 2.34. The van der Waals surface area contributed by atoms with Crippen molar-refractivity contribution in [3.05, 3.63) is 0 Å². The highest BCUT2D eigenvalue weighted by molar-refractivity contribution is 5.79. The third kappa shape index (κ3) is 11.6. The maximum absolute atomic E-state index is 11.4. The van der Waals surface area contributed by atoms with Crippen molar-refractivity contribution in [1.82, 2.24) is 10.2 Å². The van der Waals surface area contributed by atoms with Crippen LogP contribution in [0.2, 0.25) is 0 Å². The molecule has 0 spiro atoms. The number of nitrogens with one attached hydrogen (secondary N) is 1. The minimum absolute atomic E-state index is 0.117. The predicted molar refractivity (Wildman–Crippen MR) is 118 cm³/mol. The maximum Gasteiger partial charge on any atom is 0.234 e. The van der Waals surface area contributed by atoms with Crippen LogP contribution in [-0.2, 0) is 4.79 Å². The van der Waals surface area contributed by atoms with E-state index in [1.807, 2.05) is 0 Å². The second kappa shape index (κ2) is 17.4. The number of nitrogens with zero attached hydrogens (tertiary/aromatic N) is 1. The summed E-state index contributed by atoms with van der Waals surface area (Å²) in [5, 5.41) is 99.9. The summed E-state index contributed by atoms with van der Waals surface area (Å²) in [6.07, 6.45) is -13.6. The highest BCUT2D eigenvalue weighted by atomic mass is 16.4. The van der Waals surface area contributed by atoms with Crippen molar-refractivity contribution >= 4 is 5.91 Å². The fraction of sp³-hybridized carbons (Fsp3) is 0.947. The largest absolute Gasteiger partial charge is 0.394 e.